The molecule has 0 heterocycles. The van der Waals surface area contributed by atoms with Crippen LogP contribution in [-0.2, 0) is 6.61 Å². The van der Waals surface area contributed by atoms with Gasteiger partial charge < -0.3 is 19.5 Å². The number of ether oxygens (including phenoxy) is 3. The van der Waals surface area contributed by atoms with E-state index in [9.17, 15) is 4.79 Å². The summed E-state index contributed by atoms with van der Waals surface area (Å²) in [6.45, 7) is 2.66. The van der Waals surface area contributed by atoms with Gasteiger partial charge in [-0.05, 0) is 73.7 Å². The van der Waals surface area contributed by atoms with Gasteiger partial charge in [-0.15, -0.1) is 0 Å². The van der Waals surface area contributed by atoms with Gasteiger partial charge in [0.25, 0.3) is 5.91 Å². The van der Waals surface area contributed by atoms with Crippen LogP contribution in [0.4, 0.5) is 5.69 Å². The predicted octanol–water partition coefficient (Wildman–Crippen LogP) is 7.36. The van der Waals surface area contributed by atoms with E-state index in [0.717, 1.165) is 5.56 Å². The molecule has 0 spiro atoms. The third-order valence-corrected chi connectivity index (χ3v) is 5.19. The fourth-order valence-electron chi connectivity index (χ4n) is 3.29. The first-order valence-electron chi connectivity index (χ1n) is 10.9. The van der Waals surface area contributed by atoms with E-state index in [1.54, 1.807) is 48.5 Å². The average molecular weight is 474 g/mol. The lowest BCUT2D eigenvalue weighted by molar-refractivity contribution is 0.102. The van der Waals surface area contributed by atoms with Gasteiger partial charge in [-0.2, -0.15) is 0 Å². The highest BCUT2D eigenvalue weighted by Gasteiger charge is 2.14. The van der Waals surface area contributed by atoms with Crippen molar-refractivity contribution in [3.05, 3.63) is 113 Å². The molecule has 1 amide bonds. The lowest BCUT2D eigenvalue weighted by atomic mass is 10.1. The first-order valence-corrected chi connectivity index (χ1v) is 11.3. The molecule has 172 valence electrons. The number of rotatable bonds is 9. The van der Waals surface area contributed by atoms with Crippen molar-refractivity contribution in [1.82, 2.24) is 0 Å². The Kier molecular flexibility index (Phi) is 7.68. The zero-order valence-electron chi connectivity index (χ0n) is 18.7. The molecule has 5 nitrogen and oxygen atoms in total. The van der Waals surface area contributed by atoms with Crippen molar-refractivity contribution in [2.75, 3.05) is 11.9 Å². The summed E-state index contributed by atoms with van der Waals surface area (Å²) in [5.74, 6) is 2.32. The van der Waals surface area contributed by atoms with Gasteiger partial charge in [0.15, 0.2) is 5.75 Å². The summed E-state index contributed by atoms with van der Waals surface area (Å²) in [6, 6.07) is 29.1. The first-order chi connectivity index (χ1) is 16.6. The molecule has 0 aliphatic rings. The van der Waals surface area contributed by atoms with Gasteiger partial charge in [-0.25, -0.2) is 0 Å². The Morgan fingerprint density at radius 1 is 0.794 bits per heavy atom. The summed E-state index contributed by atoms with van der Waals surface area (Å²) >= 11 is 5.94. The minimum atomic E-state index is -0.264. The smallest absolute Gasteiger partial charge is 0.255 e. The number of hydrogen-bond acceptors (Lipinski definition) is 4. The molecule has 4 aromatic rings. The van der Waals surface area contributed by atoms with Crippen LogP contribution in [0.2, 0.25) is 5.02 Å². The number of halogens is 1. The monoisotopic (exact) mass is 473 g/mol. The van der Waals surface area contributed by atoms with Crippen LogP contribution in [0.25, 0.3) is 0 Å². The molecular weight excluding hydrogens is 450 g/mol. The van der Waals surface area contributed by atoms with Crippen LogP contribution in [0, 0.1) is 0 Å². The normalized spacial score (nSPS) is 10.4. The van der Waals surface area contributed by atoms with Crippen LogP contribution in [0.5, 0.6) is 23.0 Å². The fraction of sp³-hybridized carbons (Fsp3) is 0.107. The van der Waals surface area contributed by atoms with Crippen molar-refractivity contribution in [3.8, 4) is 23.0 Å². The molecule has 0 saturated heterocycles. The SMILES string of the molecule is CCOc1ccc(C(=O)Nc2ccccc2Oc2ccccc2)cc1COc1ccc(Cl)cc1. The topological polar surface area (TPSA) is 56.8 Å². The summed E-state index contributed by atoms with van der Waals surface area (Å²) < 4.78 is 17.6. The van der Waals surface area contributed by atoms with E-state index in [1.807, 2.05) is 55.5 Å². The van der Waals surface area contributed by atoms with Crippen molar-refractivity contribution in [1.29, 1.82) is 0 Å². The van der Waals surface area contributed by atoms with Gasteiger partial charge in [0.05, 0.1) is 12.3 Å². The maximum Gasteiger partial charge on any atom is 0.255 e. The van der Waals surface area contributed by atoms with Crippen LogP contribution >= 0.6 is 11.6 Å². The minimum absolute atomic E-state index is 0.242. The number of nitrogens with one attached hydrogen (secondary N) is 1. The highest BCUT2D eigenvalue weighted by molar-refractivity contribution is 6.30. The van der Waals surface area contributed by atoms with E-state index in [0.29, 0.717) is 45.9 Å². The molecule has 0 bridgehead atoms. The zero-order valence-corrected chi connectivity index (χ0v) is 19.4. The second-order valence-corrected chi connectivity index (χ2v) is 7.80. The van der Waals surface area contributed by atoms with Crippen LogP contribution < -0.4 is 19.5 Å². The summed E-state index contributed by atoms with van der Waals surface area (Å²) in [7, 11) is 0. The van der Waals surface area contributed by atoms with Crippen LogP contribution in [-0.4, -0.2) is 12.5 Å². The number of hydrogen-bond donors (Lipinski definition) is 1. The van der Waals surface area contributed by atoms with E-state index in [2.05, 4.69) is 5.32 Å². The number of benzene rings is 4. The van der Waals surface area contributed by atoms with Crippen molar-refractivity contribution in [2.24, 2.45) is 0 Å². The van der Waals surface area contributed by atoms with Crippen LogP contribution in [0.15, 0.2) is 97.1 Å². The Morgan fingerprint density at radius 3 is 2.29 bits per heavy atom. The second-order valence-electron chi connectivity index (χ2n) is 7.36. The standard InChI is InChI=1S/C28H24ClNO4/c1-2-32-26-17-12-20(18-21(26)19-33-23-15-13-22(29)14-16-23)28(31)30-25-10-6-7-11-27(25)34-24-8-4-3-5-9-24/h3-18H,2,19H2,1H3,(H,30,31). The van der Waals surface area contributed by atoms with Gasteiger partial charge in [-0.1, -0.05) is 41.9 Å². The summed E-state index contributed by atoms with van der Waals surface area (Å²) in [4.78, 5) is 13.1. The fourth-order valence-corrected chi connectivity index (χ4v) is 3.42. The highest BCUT2D eigenvalue weighted by Crippen LogP contribution is 2.30. The van der Waals surface area contributed by atoms with Crippen LogP contribution in [0.1, 0.15) is 22.8 Å². The Labute approximate surface area is 203 Å². The molecule has 6 heteroatoms. The van der Waals surface area contributed by atoms with Crippen molar-refractivity contribution < 1.29 is 19.0 Å². The lowest BCUT2D eigenvalue weighted by Gasteiger charge is -2.15. The number of para-hydroxylation sites is 3. The van der Waals surface area contributed by atoms with Gasteiger partial charge in [0.2, 0.25) is 0 Å². The van der Waals surface area contributed by atoms with Crippen molar-refractivity contribution in [2.45, 2.75) is 13.5 Å². The summed E-state index contributed by atoms with van der Waals surface area (Å²) in [5.41, 5.74) is 1.81. The quantitative estimate of drug-likeness (QED) is 0.276. The summed E-state index contributed by atoms with van der Waals surface area (Å²) in [6.07, 6.45) is 0. The van der Waals surface area contributed by atoms with E-state index >= 15 is 0 Å². The lowest BCUT2D eigenvalue weighted by Crippen LogP contribution is -2.13. The molecule has 34 heavy (non-hydrogen) atoms. The summed E-state index contributed by atoms with van der Waals surface area (Å²) in [5, 5.41) is 3.58. The molecule has 0 atom stereocenters. The maximum atomic E-state index is 13.1. The second kappa shape index (κ2) is 11.3. The van der Waals surface area contributed by atoms with E-state index < -0.39 is 0 Å². The zero-order chi connectivity index (χ0) is 23.8. The Morgan fingerprint density at radius 2 is 1.53 bits per heavy atom. The molecule has 4 rings (SSSR count). The van der Waals surface area contributed by atoms with Crippen LogP contribution in [0.3, 0.4) is 0 Å². The van der Waals surface area contributed by atoms with Crippen molar-refractivity contribution >= 4 is 23.2 Å². The molecular formula is C28H24ClNO4. The maximum absolute atomic E-state index is 13.1. The average Bonchev–Trinajstić information content (AvgIpc) is 2.86. The van der Waals surface area contributed by atoms with Gasteiger partial charge in [0, 0.05) is 16.1 Å². The third-order valence-electron chi connectivity index (χ3n) is 4.94. The van der Waals surface area contributed by atoms with Gasteiger partial charge in [-0.3, -0.25) is 4.79 Å². The Bertz CT molecular complexity index is 1240. The number of anilines is 1. The highest BCUT2D eigenvalue weighted by atomic mass is 35.5. The van der Waals surface area contributed by atoms with Gasteiger partial charge in [0.1, 0.15) is 23.9 Å². The molecule has 4 aromatic carbocycles. The first kappa shape index (κ1) is 23.2. The van der Waals surface area contributed by atoms with E-state index in [4.69, 9.17) is 25.8 Å². The Balaban J connectivity index is 1.52. The molecule has 0 aromatic heterocycles. The number of carbonyl (C=O) groups excluding carboxylic acids is 1. The Hall–Kier alpha value is -3.96. The number of carbonyl (C=O) groups is 1. The predicted molar refractivity (Wildman–Crippen MR) is 134 cm³/mol. The molecule has 0 aliphatic heterocycles. The molecule has 0 saturated carbocycles. The molecule has 0 fully saturated rings. The molecule has 0 radical (unpaired) electrons. The minimum Gasteiger partial charge on any atom is -0.493 e. The molecule has 1 N–H and O–H groups in total. The van der Waals surface area contributed by atoms with Gasteiger partial charge >= 0.3 is 0 Å². The largest absolute Gasteiger partial charge is 0.493 e. The third kappa shape index (κ3) is 6.09. The molecule has 0 aliphatic carbocycles. The number of amides is 1. The van der Waals surface area contributed by atoms with Crippen molar-refractivity contribution in [3.63, 3.8) is 0 Å². The molecule has 0 unspecified atom stereocenters. The van der Waals surface area contributed by atoms with E-state index in [1.165, 1.54) is 0 Å². The van der Waals surface area contributed by atoms with E-state index in [-0.39, 0.29) is 12.5 Å².